The van der Waals surface area contributed by atoms with Crippen LogP contribution in [0.3, 0.4) is 0 Å². The quantitative estimate of drug-likeness (QED) is 0.849. The lowest BCUT2D eigenvalue weighted by Crippen LogP contribution is -2.42. The van der Waals surface area contributed by atoms with Crippen LogP contribution in [0.2, 0.25) is 5.02 Å². The van der Waals surface area contributed by atoms with Gasteiger partial charge < -0.3 is 15.3 Å². The summed E-state index contributed by atoms with van der Waals surface area (Å²) in [6.07, 6.45) is 1.03. The molecular weight excluding hydrogens is 360 g/mol. The summed E-state index contributed by atoms with van der Waals surface area (Å²) < 4.78 is 0.726. The van der Waals surface area contributed by atoms with E-state index in [4.69, 9.17) is 16.7 Å². The smallest absolute Gasteiger partial charge is 0.306 e. The number of anilines is 1. The van der Waals surface area contributed by atoms with Gasteiger partial charge in [0.1, 0.15) is 0 Å². The molecule has 0 bridgehead atoms. The number of nitrogens with zero attached hydrogens (tertiary/aromatic N) is 1. The monoisotopic (exact) mass is 374 g/mol. The van der Waals surface area contributed by atoms with E-state index in [1.54, 1.807) is 17.0 Å². The van der Waals surface area contributed by atoms with E-state index in [9.17, 15) is 9.59 Å². The largest absolute Gasteiger partial charge is 0.481 e. The third kappa shape index (κ3) is 4.11. The normalized spacial score (nSPS) is 15.8. The Bertz CT molecular complexity index is 545. The second-order valence-electron chi connectivity index (χ2n) is 4.95. The Morgan fingerprint density at radius 3 is 2.67 bits per heavy atom. The fourth-order valence-corrected chi connectivity index (χ4v) is 2.88. The molecule has 2 N–H and O–H groups in total. The molecule has 21 heavy (non-hydrogen) atoms. The van der Waals surface area contributed by atoms with Crippen LogP contribution in [-0.4, -0.2) is 41.5 Å². The molecule has 1 aliphatic heterocycles. The molecule has 0 aromatic heterocycles. The number of halogens is 2. The molecular formula is C14H16BrClN2O3. The number of carboxylic acids is 1. The first-order chi connectivity index (χ1) is 9.99. The van der Waals surface area contributed by atoms with E-state index >= 15 is 0 Å². The number of carbonyl (C=O) groups excluding carboxylic acids is 1. The Balaban J connectivity index is 1.85. The average Bonchev–Trinajstić information content (AvgIpc) is 2.48. The van der Waals surface area contributed by atoms with Crippen molar-refractivity contribution in [2.24, 2.45) is 5.92 Å². The molecule has 1 aliphatic rings. The summed E-state index contributed by atoms with van der Waals surface area (Å²) in [6, 6.07) is 5.40. The van der Waals surface area contributed by atoms with Crippen LogP contribution in [-0.2, 0) is 9.59 Å². The zero-order valence-corrected chi connectivity index (χ0v) is 13.7. The van der Waals surface area contributed by atoms with E-state index in [0.29, 0.717) is 31.0 Å². The molecule has 1 aromatic rings. The van der Waals surface area contributed by atoms with Crippen LogP contribution in [0.5, 0.6) is 0 Å². The highest BCUT2D eigenvalue weighted by Crippen LogP contribution is 2.29. The summed E-state index contributed by atoms with van der Waals surface area (Å²) in [7, 11) is 0. The van der Waals surface area contributed by atoms with Crippen molar-refractivity contribution in [2.75, 3.05) is 25.0 Å². The first-order valence-electron chi connectivity index (χ1n) is 6.67. The molecule has 1 aromatic carbocycles. The maximum Gasteiger partial charge on any atom is 0.306 e. The highest BCUT2D eigenvalue weighted by Gasteiger charge is 2.26. The molecule has 0 spiro atoms. The molecule has 1 amide bonds. The second-order valence-corrected chi connectivity index (χ2v) is 6.15. The van der Waals surface area contributed by atoms with Gasteiger partial charge in [-0.15, -0.1) is 0 Å². The molecule has 0 atom stereocenters. The number of piperidine rings is 1. The van der Waals surface area contributed by atoms with Gasteiger partial charge in [0.15, 0.2) is 0 Å². The van der Waals surface area contributed by atoms with Crippen LogP contribution in [0.25, 0.3) is 0 Å². The number of carboxylic acid groups (broad SMARTS) is 1. The number of aliphatic carboxylic acids is 1. The lowest BCUT2D eigenvalue weighted by Gasteiger charge is -2.30. The molecule has 0 saturated carbocycles. The van der Waals surface area contributed by atoms with E-state index in [2.05, 4.69) is 21.2 Å². The predicted molar refractivity (Wildman–Crippen MR) is 84.6 cm³/mol. The molecule has 0 aliphatic carbocycles. The lowest BCUT2D eigenvalue weighted by atomic mass is 9.97. The number of rotatable bonds is 4. The molecule has 1 saturated heterocycles. The number of hydrogen-bond acceptors (Lipinski definition) is 3. The molecule has 0 unspecified atom stereocenters. The van der Waals surface area contributed by atoms with E-state index in [-0.39, 0.29) is 18.4 Å². The fourth-order valence-electron chi connectivity index (χ4n) is 2.30. The Morgan fingerprint density at radius 2 is 2.05 bits per heavy atom. The van der Waals surface area contributed by atoms with Gasteiger partial charge in [-0.05, 0) is 40.9 Å². The minimum absolute atomic E-state index is 0.0364. The number of hydrogen-bond donors (Lipinski definition) is 2. The molecule has 1 heterocycles. The number of amides is 1. The van der Waals surface area contributed by atoms with Crippen LogP contribution < -0.4 is 5.32 Å². The van der Waals surface area contributed by atoms with Crippen molar-refractivity contribution in [3.05, 3.63) is 27.7 Å². The van der Waals surface area contributed by atoms with Crippen molar-refractivity contribution in [1.29, 1.82) is 0 Å². The maximum atomic E-state index is 12.1. The molecule has 7 heteroatoms. The highest BCUT2D eigenvalue weighted by atomic mass is 79.9. The maximum absolute atomic E-state index is 12.1. The van der Waals surface area contributed by atoms with Crippen LogP contribution in [0.15, 0.2) is 22.7 Å². The fraction of sp³-hybridized carbons (Fsp3) is 0.429. The summed E-state index contributed by atoms with van der Waals surface area (Å²) >= 11 is 9.35. The predicted octanol–water partition coefficient (Wildman–Crippen LogP) is 2.84. The van der Waals surface area contributed by atoms with Crippen molar-refractivity contribution in [3.8, 4) is 0 Å². The first kappa shape index (κ1) is 16.1. The van der Waals surface area contributed by atoms with Gasteiger partial charge in [0.25, 0.3) is 0 Å². The van der Waals surface area contributed by atoms with Gasteiger partial charge >= 0.3 is 5.97 Å². The number of carbonyl (C=O) groups is 2. The molecule has 2 rings (SSSR count). The zero-order valence-electron chi connectivity index (χ0n) is 11.3. The SMILES string of the molecule is O=C(O)C1CCN(C(=O)CNc2cccc(Cl)c2Br)CC1. The van der Waals surface area contributed by atoms with Gasteiger partial charge in [0, 0.05) is 13.1 Å². The Hall–Kier alpha value is -1.27. The van der Waals surface area contributed by atoms with E-state index < -0.39 is 5.97 Å². The summed E-state index contributed by atoms with van der Waals surface area (Å²) in [5.41, 5.74) is 0.760. The van der Waals surface area contributed by atoms with Crippen molar-refractivity contribution in [2.45, 2.75) is 12.8 Å². The van der Waals surface area contributed by atoms with Crippen LogP contribution in [0.4, 0.5) is 5.69 Å². The molecule has 0 radical (unpaired) electrons. The van der Waals surface area contributed by atoms with Crippen molar-refractivity contribution < 1.29 is 14.7 Å². The van der Waals surface area contributed by atoms with Gasteiger partial charge in [0.05, 0.1) is 27.6 Å². The third-order valence-corrected chi connectivity index (χ3v) is 4.98. The Kier molecular flexibility index (Phi) is 5.47. The van der Waals surface area contributed by atoms with Crippen LogP contribution in [0.1, 0.15) is 12.8 Å². The van der Waals surface area contributed by atoms with Gasteiger partial charge in [-0.25, -0.2) is 0 Å². The minimum atomic E-state index is -0.775. The van der Waals surface area contributed by atoms with Gasteiger partial charge in [-0.3, -0.25) is 9.59 Å². The Morgan fingerprint density at radius 1 is 1.38 bits per heavy atom. The zero-order chi connectivity index (χ0) is 15.4. The summed E-state index contributed by atoms with van der Waals surface area (Å²) in [5.74, 6) is -1.14. The molecule has 114 valence electrons. The van der Waals surface area contributed by atoms with E-state index in [1.165, 1.54) is 0 Å². The first-order valence-corrected chi connectivity index (χ1v) is 7.84. The van der Waals surface area contributed by atoms with E-state index in [0.717, 1.165) is 10.2 Å². The second kappa shape index (κ2) is 7.13. The summed E-state index contributed by atoms with van der Waals surface area (Å²) in [5, 5.41) is 12.6. The van der Waals surface area contributed by atoms with Gasteiger partial charge in [-0.2, -0.15) is 0 Å². The highest BCUT2D eigenvalue weighted by molar-refractivity contribution is 9.10. The third-order valence-electron chi connectivity index (χ3n) is 3.58. The topological polar surface area (TPSA) is 69.6 Å². The number of benzene rings is 1. The summed E-state index contributed by atoms with van der Waals surface area (Å²) in [6.45, 7) is 1.15. The van der Waals surface area contributed by atoms with Gasteiger partial charge in [0.2, 0.25) is 5.91 Å². The summed E-state index contributed by atoms with van der Waals surface area (Å²) in [4.78, 5) is 24.7. The van der Waals surface area contributed by atoms with E-state index in [1.807, 2.05) is 6.07 Å². The van der Waals surface area contributed by atoms with Crippen molar-refractivity contribution in [1.82, 2.24) is 4.90 Å². The molecule has 5 nitrogen and oxygen atoms in total. The van der Waals surface area contributed by atoms with Crippen LogP contribution >= 0.6 is 27.5 Å². The number of nitrogens with one attached hydrogen (secondary N) is 1. The number of likely N-dealkylation sites (tertiary alicyclic amines) is 1. The minimum Gasteiger partial charge on any atom is -0.481 e. The lowest BCUT2D eigenvalue weighted by molar-refractivity contribution is -0.145. The van der Waals surface area contributed by atoms with Crippen LogP contribution in [0, 0.1) is 5.92 Å². The van der Waals surface area contributed by atoms with Crippen molar-refractivity contribution in [3.63, 3.8) is 0 Å². The molecule has 1 fully saturated rings. The standard InChI is InChI=1S/C14H16BrClN2O3/c15-13-10(16)2-1-3-11(13)17-8-12(19)18-6-4-9(5-7-18)14(20)21/h1-3,9,17H,4-8H2,(H,20,21). The average molecular weight is 376 g/mol. The Labute approximate surface area is 136 Å². The van der Waals surface area contributed by atoms with Crippen molar-refractivity contribution >= 4 is 45.1 Å². The van der Waals surface area contributed by atoms with Gasteiger partial charge in [-0.1, -0.05) is 17.7 Å².